The molecule has 0 N–H and O–H groups in total. The number of rotatable bonds is 5. The molecule has 0 fully saturated rings. The smallest absolute Gasteiger partial charge is 0.140 e. The van der Waals surface area contributed by atoms with Crippen molar-refractivity contribution >= 4 is 5.65 Å². The molecule has 23 heavy (non-hydrogen) atoms. The van der Waals surface area contributed by atoms with Crippen LogP contribution in [-0.2, 0) is 19.4 Å². The van der Waals surface area contributed by atoms with Crippen molar-refractivity contribution in [3.63, 3.8) is 0 Å². The molecule has 3 aromatic rings. The van der Waals surface area contributed by atoms with E-state index in [4.69, 9.17) is 4.98 Å². The zero-order chi connectivity index (χ0) is 16.4. The van der Waals surface area contributed by atoms with Crippen LogP contribution in [0.15, 0.2) is 42.6 Å². The topological polar surface area (TPSA) is 20.5 Å². The molecule has 0 bridgehead atoms. The van der Waals surface area contributed by atoms with E-state index in [1.54, 1.807) is 0 Å². The highest BCUT2D eigenvalue weighted by Gasteiger charge is 2.14. The molecular formula is C20H25N3. The highest BCUT2D eigenvalue weighted by atomic mass is 15.1. The van der Waals surface area contributed by atoms with Crippen LogP contribution in [0.25, 0.3) is 5.65 Å². The number of imidazole rings is 1. The van der Waals surface area contributed by atoms with Crippen molar-refractivity contribution in [1.82, 2.24) is 14.3 Å². The summed E-state index contributed by atoms with van der Waals surface area (Å²) in [6.07, 6.45) is 4.09. The third-order valence-electron chi connectivity index (χ3n) is 4.30. The van der Waals surface area contributed by atoms with E-state index in [2.05, 4.69) is 79.8 Å². The standard InChI is InChI=1S/C20H25N3/c1-5-16-8-10-17(11-9-16)13-18-19(14-22(3)4)23-12-6-7-15(2)20(23)21-18/h6-12H,5,13-14H2,1-4H3. The third kappa shape index (κ3) is 3.30. The van der Waals surface area contributed by atoms with Crippen molar-refractivity contribution in [3.8, 4) is 0 Å². The first-order valence-electron chi connectivity index (χ1n) is 8.26. The van der Waals surface area contributed by atoms with Crippen LogP contribution in [0.1, 0.15) is 35.0 Å². The van der Waals surface area contributed by atoms with Gasteiger partial charge in [0.05, 0.1) is 11.4 Å². The molecular weight excluding hydrogens is 282 g/mol. The Morgan fingerprint density at radius 2 is 1.74 bits per heavy atom. The van der Waals surface area contributed by atoms with E-state index in [9.17, 15) is 0 Å². The average Bonchev–Trinajstić information content (AvgIpc) is 2.87. The summed E-state index contributed by atoms with van der Waals surface area (Å²) in [5.74, 6) is 0. The maximum atomic E-state index is 4.94. The predicted octanol–water partition coefficient (Wildman–Crippen LogP) is 3.86. The highest BCUT2D eigenvalue weighted by Crippen LogP contribution is 2.20. The van der Waals surface area contributed by atoms with Crippen LogP contribution in [0.5, 0.6) is 0 Å². The first-order chi connectivity index (χ1) is 11.1. The maximum Gasteiger partial charge on any atom is 0.140 e. The fraction of sp³-hybridized carbons (Fsp3) is 0.350. The monoisotopic (exact) mass is 307 g/mol. The summed E-state index contributed by atoms with van der Waals surface area (Å²) in [5, 5.41) is 0. The Balaban J connectivity index is 2.02. The van der Waals surface area contributed by atoms with Crippen molar-refractivity contribution in [2.24, 2.45) is 0 Å². The number of hydrogen-bond acceptors (Lipinski definition) is 2. The quantitative estimate of drug-likeness (QED) is 0.713. The summed E-state index contributed by atoms with van der Waals surface area (Å²) in [5.41, 5.74) is 7.46. The van der Waals surface area contributed by atoms with Crippen LogP contribution >= 0.6 is 0 Å². The van der Waals surface area contributed by atoms with Gasteiger partial charge in [-0.3, -0.25) is 0 Å². The number of aryl methyl sites for hydroxylation is 2. The van der Waals surface area contributed by atoms with Crippen LogP contribution in [0, 0.1) is 6.92 Å². The lowest BCUT2D eigenvalue weighted by Gasteiger charge is -2.11. The van der Waals surface area contributed by atoms with Gasteiger partial charge in [-0.05, 0) is 50.2 Å². The Morgan fingerprint density at radius 3 is 2.39 bits per heavy atom. The molecule has 120 valence electrons. The van der Waals surface area contributed by atoms with Gasteiger partial charge in [-0.1, -0.05) is 37.3 Å². The Morgan fingerprint density at radius 1 is 1.04 bits per heavy atom. The highest BCUT2D eigenvalue weighted by molar-refractivity contribution is 5.51. The molecule has 0 spiro atoms. The lowest BCUT2D eigenvalue weighted by Crippen LogP contribution is -2.14. The fourth-order valence-corrected chi connectivity index (χ4v) is 2.99. The minimum absolute atomic E-state index is 0.883. The second-order valence-electron chi connectivity index (χ2n) is 6.47. The molecule has 3 nitrogen and oxygen atoms in total. The Kier molecular flexibility index (Phi) is 4.49. The largest absolute Gasteiger partial charge is 0.304 e. The summed E-state index contributed by atoms with van der Waals surface area (Å²) >= 11 is 0. The fourth-order valence-electron chi connectivity index (χ4n) is 2.99. The van der Waals surface area contributed by atoms with Gasteiger partial charge >= 0.3 is 0 Å². The minimum atomic E-state index is 0.883. The van der Waals surface area contributed by atoms with E-state index < -0.39 is 0 Å². The van der Waals surface area contributed by atoms with Gasteiger partial charge in [0.25, 0.3) is 0 Å². The summed E-state index contributed by atoms with van der Waals surface area (Å²) in [4.78, 5) is 7.14. The molecule has 0 unspecified atom stereocenters. The summed E-state index contributed by atoms with van der Waals surface area (Å²) < 4.78 is 2.24. The molecule has 3 heteroatoms. The van der Waals surface area contributed by atoms with E-state index >= 15 is 0 Å². The third-order valence-corrected chi connectivity index (χ3v) is 4.30. The van der Waals surface area contributed by atoms with Crippen molar-refractivity contribution in [1.29, 1.82) is 0 Å². The number of fused-ring (bicyclic) bond motifs is 1. The molecule has 0 atom stereocenters. The number of benzene rings is 1. The van der Waals surface area contributed by atoms with Gasteiger partial charge < -0.3 is 9.30 Å². The zero-order valence-electron chi connectivity index (χ0n) is 14.5. The Bertz CT molecular complexity index is 798. The van der Waals surface area contributed by atoms with Crippen molar-refractivity contribution in [2.75, 3.05) is 14.1 Å². The van der Waals surface area contributed by atoms with Crippen LogP contribution in [0.4, 0.5) is 0 Å². The van der Waals surface area contributed by atoms with Gasteiger partial charge in [-0.15, -0.1) is 0 Å². The van der Waals surface area contributed by atoms with Gasteiger partial charge in [0.1, 0.15) is 5.65 Å². The second kappa shape index (κ2) is 6.55. The van der Waals surface area contributed by atoms with Gasteiger partial charge in [0, 0.05) is 19.2 Å². The number of hydrogen-bond donors (Lipinski definition) is 0. The van der Waals surface area contributed by atoms with Crippen molar-refractivity contribution in [3.05, 3.63) is 70.7 Å². The summed E-state index contributed by atoms with van der Waals surface area (Å²) in [7, 11) is 4.21. The predicted molar refractivity (Wildman–Crippen MR) is 95.9 cm³/mol. The molecule has 0 aliphatic rings. The van der Waals surface area contributed by atoms with Crippen LogP contribution in [0.2, 0.25) is 0 Å². The Hall–Kier alpha value is -2.13. The average molecular weight is 307 g/mol. The first-order valence-corrected chi connectivity index (χ1v) is 8.26. The van der Waals surface area contributed by atoms with Gasteiger partial charge in [0.2, 0.25) is 0 Å². The lowest BCUT2D eigenvalue weighted by molar-refractivity contribution is 0.394. The first kappa shape index (κ1) is 15.8. The van der Waals surface area contributed by atoms with E-state index in [-0.39, 0.29) is 0 Å². The SMILES string of the molecule is CCc1ccc(Cc2nc3c(C)cccn3c2CN(C)C)cc1. The molecule has 2 aromatic heterocycles. The molecule has 0 saturated carbocycles. The van der Waals surface area contributed by atoms with Crippen molar-refractivity contribution in [2.45, 2.75) is 33.2 Å². The zero-order valence-corrected chi connectivity index (χ0v) is 14.5. The van der Waals surface area contributed by atoms with E-state index in [0.29, 0.717) is 0 Å². The van der Waals surface area contributed by atoms with E-state index in [1.165, 1.54) is 28.1 Å². The van der Waals surface area contributed by atoms with Crippen LogP contribution in [-0.4, -0.2) is 28.4 Å². The van der Waals surface area contributed by atoms with Gasteiger partial charge in [-0.2, -0.15) is 0 Å². The molecule has 0 amide bonds. The molecule has 0 aliphatic heterocycles. The van der Waals surface area contributed by atoms with Gasteiger partial charge in [0.15, 0.2) is 0 Å². The van der Waals surface area contributed by atoms with Crippen LogP contribution in [0.3, 0.4) is 0 Å². The molecule has 3 rings (SSSR count). The van der Waals surface area contributed by atoms with Gasteiger partial charge in [-0.25, -0.2) is 4.98 Å². The maximum absolute atomic E-state index is 4.94. The summed E-state index contributed by atoms with van der Waals surface area (Å²) in [6, 6.07) is 13.1. The molecule has 2 heterocycles. The van der Waals surface area contributed by atoms with Crippen LogP contribution < -0.4 is 0 Å². The second-order valence-corrected chi connectivity index (χ2v) is 6.47. The number of aromatic nitrogens is 2. The minimum Gasteiger partial charge on any atom is -0.304 e. The lowest BCUT2D eigenvalue weighted by atomic mass is 10.1. The van der Waals surface area contributed by atoms with E-state index in [0.717, 1.165) is 25.0 Å². The Labute approximate surface area is 138 Å². The molecule has 1 aromatic carbocycles. The van der Waals surface area contributed by atoms with Crippen molar-refractivity contribution < 1.29 is 0 Å². The number of nitrogens with zero attached hydrogens (tertiary/aromatic N) is 3. The summed E-state index contributed by atoms with van der Waals surface area (Å²) in [6.45, 7) is 5.21. The molecule has 0 saturated heterocycles. The molecule has 0 aliphatic carbocycles. The van der Waals surface area contributed by atoms with E-state index in [1.807, 2.05) is 0 Å². The normalized spacial score (nSPS) is 11.5. The molecule has 0 radical (unpaired) electrons. The number of pyridine rings is 1.